The molecule has 3 rings (SSSR count). The third-order valence-electron chi connectivity index (χ3n) is 5.02. The van der Waals surface area contributed by atoms with Crippen LogP contribution in [0.2, 0.25) is 0 Å². The van der Waals surface area contributed by atoms with Crippen molar-refractivity contribution in [3.63, 3.8) is 0 Å². The summed E-state index contributed by atoms with van der Waals surface area (Å²) in [6.07, 6.45) is 0.920. The molecular weight excluding hydrogens is 402 g/mol. The van der Waals surface area contributed by atoms with Crippen LogP contribution in [0.25, 0.3) is 0 Å². The second kappa shape index (κ2) is 10.4. The standard InChI is InChI=1S/C22H27N3O4S/c1-4-21(26)24(11-12-28-2)15-22(27)25-18(16-8-5-6-9-19(16)29-3)14-17(23-25)20-10-7-13-30-20/h5-10,13,18H,4,11-12,14-15H2,1-3H3. The van der Waals surface area contributed by atoms with E-state index < -0.39 is 0 Å². The molecule has 1 aliphatic rings. The number of benzene rings is 1. The summed E-state index contributed by atoms with van der Waals surface area (Å²) in [7, 11) is 3.19. The van der Waals surface area contributed by atoms with Crippen LogP contribution in [0, 0.1) is 0 Å². The molecule has 0 N–H and O–H groups in total. The summed E-state index contributed by atoms with van der Waals surface area (Å²) in [5.41, 5.74) is 1.76. The Balaban J connectivity index is 1.90. The fourth-order valence-corrected chi connectivity index (χ4v) is 4.19. The minimum absolute atomic E-state index is 0.0388. The van der Waals surface area contributed by atoms with Crippen molar-refractivity contribution in [3.05, 3.63) is 52.2 Å². The molecule has 1 aromatic carbocycles. The maximum absolute atomic E-state index is 13.3. The van der Waals surface area contributed by atoms with Gasteiger partial charge in [0.25, 0.3) is 5.91 Å². The second-order valence-corrected chi connectivity index (χ2v) is 7.83. The predicted octanol–water partition coefficient (Wildman–Crippen LogP) is 3.32. The largest absolute Gasteiger partial charge is 0.496 e. The normalized spacial score (nSPS) is 15.8. The van der Waals surface area contributed by atoms with Crippen LogP contribution >= 0.6 is 11.3 Å². The van der Waals surface area contributed by atoms with Crippen LogP contribution in [-0.4, -0.2) is 61.4 Å². The fourth-order valence-electron chi connectivity index (χ4n) is 3.47. The number of amides is 2. The Morgan fingerprint density at radius 3 is 2.70 bits per heavy atom. The first-order chi connectivity index (χ1) is 14.6. The number of nitrogens with zero attached hydrogens (tertiary/aromatic N) is 3. The van der Waals surface area contributed by atoms with Crippen molar-refractivity contribution in [2.75, 3.05) is 33.9 Å². The highest BCUT2D eigenvalue weighted by molar-refractivity contribution is 7.12. The molecule has 2 aromatic rings. The highest BCUT2D eigenvalue weighted by Crippen LogP contribution is 2.38. The third-order valence-corrected chi connectivity index (χ3v) is 5.93. The Labute approximate surface area is 180 Å². The molecule has 1 atom stereocenters. The van der Waals surface area contributed by atoms with Crippen molar-refractivity contribution >= 4 is 28.9 Å². The molecular formula is C22H27N3O4S. The summed E-state index contributed by atoms with van der Waals surface area (Å²) >= 11 is 1.59. The number of carbonyl (C=O) groups is 2. The average Bonchev–Trinajstić information content (AvgIpc) is 3.45. The summed E-state index contributed by atoms with van der Waals surface area (Å²) in [5, 5.41) is 8.17. The smallest absolute Gasteiger partial charge is 0.262 e. The lowest BCUT2D eigenvalue weighted by atomic mass is 10.00. The topological polar surface area (TPSA) is 71.4 Å². The monoisotopic (exact) mass is 429 g/mol. The number of hydrazone groups is 1. The quantitative estimate of drug-likeness (QED) is 0.613. The lowest BCUT2D eigenvalue weighted by molar-refractivity contribution is -0.141. The lowest BCUT2D eigenvalue weighted by Crippen LogP contribution is -2.42. The number of para-hydroxylation sites is 1. The van der Waals surface area contributed by atoms with Crippen LogP contribution in [0.4, 0.5) is 0 Å². The van der Waals surface area contributed by atoms with E-state index in [1.54, 1.807) is 32.5 Å². The Kier molecular flexibility index (Phi) is 7.59. The summed E-state index contributed by atoms with van der Waals surface area (Å²) < 4.78 is 10.6. The van der Waals surface area contributed by atoms with E-state index in [0.717, 1.165) is 16.2 Å². The maximum Gasteiger partial charge on any atom is 0.262 e. The van der Waals surface area contributed by atoms with Gasteiger partial charge in [0, 0.05) is 32.1 Å². The van der Waals surface area contributed by atoms with Gasteiger partial charge in [-0.25, -0.2) is 5.01 Å². The van der Waals surface area contributed by atoms with Crippen LogP contribution in [0.3, 0.4) is 0 Å². The highest BCUT2D eigenvalue weighted by Gasteiger charge is 2.35. The van der Waals surface area contributed by atoms with Gasteiger partial charge >= 0.3 is 0 Å². The summed E-state index contributed by atoms with van der Waals surface area (Å²) in [4.78, 5) is 28.2. The van der Waals surface area contributed by atoms with E-state index in [1.807, 2.05) is 41.8 Å². The van der Waals surface area contributed by atoms with Crippen molar-refractivity contribution in [3.8, 4) is 5.75 Å². The molecule has 0 saturated carbocycles. The minimum atomic E-state index is -0.285. The van der Waals surface area contributed by atoms with Crippen molar-refractivity contribution in [1.29, 1.82) is 0 Å². The molecule has 0 aliphatic carbocycles. The molecule has 1 unspecified atom stereocenters. The van der Waals surface area contributed by atoms with E-state index in [9.17, 15) is 9.59 Å². The molecule has 2 amide bonds. The summed E-state index contributed by atoms with van der Waals surface area (Å²) in [5.74, 6) is 0.398. The first kappa shape index (κ1) is 22.0. The number of carbonyl (C=O) groups excluding carboxylic acids is 2. The second-order valence-electron chi connectivity index (χ2n) is 6.89. The third kappa shape index (κ3) is 4.88. The van der Waals surface area contributed by atoms with Crippen LogP contribution in [0.5, 0.6) is 5.75 Å². The van der Waals surface area contributed by atoms with E-state index >= 15 is 0 Å². The van der Waals surface area contributed by atoms with Crippen LogP contribution in [-0.2, 0) is 14.3 Å². The van der Waals surface area contributed by atoms with Crippen molar-refractivity contribution < 1.29 is 19.1 Å². The Bertz CT molecular complexity index is 898. The molecule has 8 heteroatoms. The fraction of sp³-hybridized carbons (Fsp3) is 0.409. The van der Waals surface area contributed by atoms with Gasteiger partial charge in [0.1, 0.15) is 12.3 Å². The van der Waals surface area contributed by atoms with Gasteiger partial charge in [0.05, 0.1) is 30.3 Å². The Morgan fingerprint density at radius 2 is 2.03 bits per heavy atom. The Hall–Kier alpha value is -2.71. The lowest BCUT2D eigenvalue weighted by Gasteiger charge is -2.27. The molecule has 0 radical (unpaired) electrons. The molecule has 7 nitrogen and oxygen atoms in total. The number of hydrogen-bond acceptors (Lipinski definition) is 6. The molecule has 0 fully saturated rings. The molecule has 160 valence electrons. The van der Waals surface area contributed by atoms with Gasteiger partial charge in [-0.3, -0.25) is 9.59 Å². The maximum atomic E-state index is 13.3. The molecule has 1 aliphatic heterocycles. The molecule has 2 heterocycles. The van der Waals surface area contributed by atoms with Gasteiger partial charge in [-0.1, -0.05) is 31.2 Å². The SMILES string of the molecule is CCC(=O)N(CCOC)CC(=O)N1N=C(c2cccs2)CC1c1ccccc1OC. The van der Waals surface area contributed by atoms with Gasteiger partial charge in [0.15, 0.2) is 0 Å². The van der Waals surface area contributed by atoms with E-state index in [1.165, 1.54) is 9.91 Å². The number of rotatable bonds is 9. The van der Waals surface area contributed by atoms with E-state index in [-0.39, 0.29) is 24.4 Å². The number of hydrogen-bond donors (Lipinski definition) is 0. The van der Waals surface area contributed by atoms with Crippen molar-refractivity contribution in [2.45, 2.75) is 25.8 Å². The van der Waals surface area contributed by atoms with E-state index in [0.29, 0.717) is 31.7 Å². The summed E-state index contributed by atoms with van der Waals surface area (Å²) in [6, 6.07) is 11.3. The number of ether oxygens (including phenoxy) is 2. The van der Waals surface area contributed by atoms with Crippen LogP contribution < -0.4 is 4.74 Å². The van der Waals surface area contributed by atoms with Gasteiger partial charge in [-0.15, -0.1) is 11.3 Å². The van der Waals surface area contributed by atoms with Crippen molar-refractivity contribution in [2.24, 2.45) is 5.10 Å². The first-order valence-corrected chi connectivity index (χ1v) is 10.8. The first-order valence-electron chi connectivity index (χ1n) is 9.92. The number of thiophene rings is 1. The zero-order valence-corrected chi connectivity index (χ0v) is 18.4. The van der Waals surface area contributed by atoms with Gasteiger partial charge in [-0.05, 0) is 17.5 Å². The van der Waals surface area contributed by atoms with E-state index in [2.05, 4.69) is 5.10 Å². The molecule has 30 heavy (non-hydrogen) atoms. The predicted molar refractivity (Wildman–Crippen MR) is 117 cm³/mol. The molecule has 1 aromatic heterocycles. The molecule has 0 saturated heterocycles. The van der Waals surface area contributed by atoms with Crippen LogP contribution in [0.15, 0.2) is 46.9 Å². The average molecular weight is 430 g/mol. The van der Waals surface area contributed by atoms with E-state index in [4.69, 9.17) is 9.47 Å². The number of methoxy groups -OCH3 is 2. The van der Waals surface area contributed by atoms with Crippen molar-refractivity contribution in [1.82, 2.24) is 9.91 Å². The van der Waals surface area contributed by atoms with Gasteiger partial charge < -0.3 is 14.4 Å². The zero-order chi connectivity index (χ0) is 21.5. The van der Waals surface area contributed by atoms with Gasteiger partial charge in [0.2, 0.25) is 5.91 Å². The van der Waals surface area contributed by atoms with Gasteiger partial charge in [-0.2, -0.15) is 5.10 Å². The molecule has 0 spiro atoms. The zero-order valence-electron chi connectivity index (χ0n) is 17.5. The minimum Gasteiger partial charge on any atom is -0.496 e. The highest BCUT2D eigenvalue weighted by atomic mass is 32.1. The summed E-state index contributed by atoms with van der Waals surface area (Å²) in [6.45, 7) is 2.48. The van der Waals surface area contributed by atoms with Crippen LogP contribution in [0.1, 0.15) is 36.2 Å². The Morgan fingerprint density at radius 1 is 1.23 bits per heavy atom. The molecule has 0 bridgehead atoms.